The van der Waals surface area contributed by atoms with E-state index in [1.54, 1.807) is 13.8 Å². The van der Waals surface area contributed by atoms with Crippen LogP contribution in [-0.4, -0.2) is 57.5 Å². The third kappa shape index (κ3) is 4.17. The van der Waals surface area contributed by atoms with Gasteiger partial charge in [-0.2, -0.15) is 0 Å². The summed E-state index contributed by atoms with van der Waals surface area (Å²) in [5, 5.41) is 20.2. The van der Waals surface area contributed by atoms with Crippen LogP contribution in [0.25, 0.3) is 0 Å². The summed E-state index contributed by atoms with van der Waals surface area (Å²) in [5.41, 5.74) is 0. The zero-order valence-corrected chi connectivity index (χ0v) is 12.0. The number of carbonyl (C=O) groups excluding carboxylic acids is 2. The quantitative estimate of drug-likeness (QED) is 0.611. The lowest BCUT2D eigenvalue weighted by Gasteiger charge is -2.32. The number of carboxylic acids is 2. The standard InChI is InChI=1S/C13H20N2O6/c1-7(2)9(13(20)21)14-10(16)11(17)15-6-4-3-5-8(15)12(18)19/h7-9H,3-6H2,1-2H3,(H,14,16)(H,18,19)(H,20,21)/t8-,9+/m0/s1. The Hall–Kier alpha value is -2.12. The van der Waals surface area contributed by atoms with Gasteiger partial charge in [0, 0.05) is 6.54 Å². The second kappa shape index (κ2) is 7.05. The van der Waals surface area contributed by atoms with Crippen LogP contribution in [0, 0.1) is 5.92 Å². The molecule has 1 fully saturated rings. The summed E-state index contributed by atoms with van der Waals surface area (Å²) in [7, 11) is 0. The molecule has 0 aromatic heterocycles. The number of amides is 2. The highest BCUT2D eigenvalue weighted by Gasteiger charge is 2.36. The van der Waals surface area contributed by atoms with Gasteiger partial charge in [-0.1, -0.05) is 13.8 Å². The van der Waals surface area contributed by atoms with E-state index in [0.29, 0.717) is 19.3 Å². The predicted molar refractivity (Wildman–Crippen MR) is 71.4 cm³/mol. The highest BCUT2D eigenvalue weighted by molar-refractivity contribution is 6.35. The van der Waals surface area contributed by atoms with Crippen LogP contribution in [0.2, 0.25) is 0 Å². The van der Waals surface area contributed by atoms with E-state index in [0.717, 1.165) is 4.90 Å². The minimum Gasteiger partial charge on any atom is -0.480 e. The normalized spacial score (nSPS) is 20.0. The Labute approximate surface area is 122 Å². The van der Waals surface area contributed by atoms with E-state index in [2.05, 4.69) is 5.32 Å². The SMILES string of the molecule is CC(C)[C@@H](NC(=O)C(=O)N1CCCC[C@H]1C(=O)O)C(=O)O. The lowest BCUT2D eigenvalue weighted by Crippen LogP contribution is -2.55. The molecule has 2 amide bonds. The Morgan fingerprint density at radius 1 is 1.14 bits per heavy atom. The first-order valence-corrected chi connectivity index (χ1v) is 6.82. The molecule has 0 unspecified atom stereocenters. The summed E-state index contributed by atoms with van der Waals surface area (Å²) in [6.07, 6.45) is 1.59. The zero-order chi connectivity index (χ0) is 16.2. The van der Waals surface area contributed by atoms with Crippen molar-refractivity contribution in [3.05, 3.63) is 0 Å². The highest BCUT2D eigenvalue weighted by Crippen LogP contribution is 2.17. The molecule has 3 N–H and O–H groups in total. The van der Waals surface area contributed by atoms with Gasteiger partial charge in [0.25, 0.3) is 0 Å². The first kappa shape index (κ1) is 16.9. The molecule has 1 aliphatic heterocycles. The fourth-order valence-electron chi connectivity index (χ4n) is 2.28. The van der Waals surface area contributed by atoms with Crippen molar-refractivity contribution in [2.45, 2.75) is 45.2 Å². The van der Waals surface area contributed by atoms with Crippen LogP contribution in [0.3, 0.4) is 0 Å². The van der Waals surface area contributed by atoms with Gasteiger partial charge in [0.15, 0.2) is 0 Å². The van der Waals surface area contributed by atoms with Crippen molar-refractivity contribution in [1.82, 2.24) is 10.2 Å². The molecule has 8 heteroatoms. The van der Waals surface area contributed by atoms with Gasteiger partial charge in [0.05, 0.1) is 0 Å². The number of hydrogen-bond acceptors (Lipinski definition) is 4. The van der Waals surface area contributed by atoms with Gasteiger partial charge in [0.2, 0.25) is 0 Å². The van der Waals surface area contributed by atoms with Gasteiger partial charge >= 0.3 is 23.8 Å². The lowest BCUT2D eigenvalue weighted by atomic mass is 10.0. The maximum atomic E-state index is 12.1. The van der Waals surface area contributed by atoms with Crippen LogP contribution in [0.15, 0.2) is 0 Å². The molecule has 0 spiro atoms. The van der Waals surface area contributed by atoms with Gasteiger partial charge < -0.3 is 20.4 Å². The minimum atomic E-state index is -1.24. The van der Waals surface area contributed by atoms with Crippen LogP contribution in [0.5, 0.6) is 0 Å². The molecule has 1 saturated heterocycles. The molecule has 0 radical (unpaired) electrons. The summed E-state index contributed by atoms with van der Waals surface area (Å²) >= 11 is 0. The highest BCUT2D eigenvalue weighted by atomic mass is 16.4. The van der Waals surface area contributed by atoms with E-state index >= 15 is 0 Å². The van der Waals surface area contributed by atoms with Crippen molar-refractivity contribution >= 4 is 23.8 Å². The Balaban J connectivity index is 2.78. The van der Waals surface area contributed by atoms with Gasteiger partial charge in [-0.05, 0) is 25.2 Å². The first-order chi connectivity index (χ1) is 9.75. The van der Waals surface area contributed by atoms with E-state index in [9.17, 15) is 19.2 Å². The summed E-state index contributed by atoms with van der Waals surface area (Å²) in [6.45, 7) is 3.39. The van der Waals surface area contributed by atoms with Crippen molar-refractivity contribution in [1.29, 1.82) is 0 Å². The number of nitrogens with one attached hydrogen (secondary N) is 1. The lowest BCUT2D eigenvalue weighted by molar-refractivity contribution is -0.157. The zero-order valence-electron chi connectivity index (χ0n) is 12.0. The Morgan fingerprint density at radius 3 is 2.24 bits per heavy atom. The van der Waals surface area contributed by atoms with Crippen molar-refractivity contribution in [2.24, 2.45) is 5.92 Å². The Bertz CT molecular complexity index is 448. The molecule has 8 nitrogen and oxygen atoms in total. The number of rotatable bonds is 4. The average Bonchev–Trinajstić information content (AvgIpc) is 2.42. The van der Waals surface area contributed by atoms with Gasteiger partial charge in [-0.25, -0.2) is 9.59 Å². The maximum absolute atomic E-state index is 12.1. The Morgan fingerprint density at radius 2 is 1.76 bits per heavy atom. The van der Waals surface area contributed by atoms with Crippen LogP contribution >= 0.6 is 0 Å². The van der Waals surface area contributed by atoms with E-state index in [-0.39, 0.29) is 6.54 Å². The largest absolute Gasteiger partial charge is 0.480 e. The monoisotopic (exact) mass is 300 g/mol. The number of nitrogens with zero attached hydrogens (tertiary/aromatic N) is 1. The molecule has 1 heterocycles. The molecule has 0 aromatic rings. The molecule has 21 heavy (non-hydrogen) atoms. The van der Waals surface area contributed by atoms with E-state index in [1.165, 1.54) is 0 Å². The van der Waals surface area contributed by atoms with E-state index in [4.69, 9.17) is 10.2 Å². The summed E-state index contributed by atoms with van der Waals surface area (Å²) in [6, 6.07) is -2.21. The minimum absolute atomic E-state index is 0.183. The molecule has 2 atom stereocenters. The topological polar surface area (TPSA) is 124 Å². The fourth-order valence-corrected chi connectivity index (χ4v) is 2.28. The van der Waals surface area contributed by atoms with Crippen molar-refractivity contribution in [3.63, 3.8) is 0 Å². The first-order valence-electron chi connectivity index (χ1n) is 6.82. The van der Waals surface area contributed by atoms with Crippen molar-refractivity contribution in [3.8, 4) is 0 Å². The summed E-state index contributed by atoms with van der Waals surface area (Å²) in [5.74, 6) is -4.86. The Kier molecular flexibility index (Phi) is 5.69. The third-order valence-electron chi connectivity index (χ3n) is 3.46. The number of aliphatic carboxylic acids is 2. The molecular formula is C13H20N2O6. The summed E-state index contributed by atoms with van der Waals surface area (Å²) < 4.78 is 0. The number of carboxylic acid groups (broad SMARTS) is 2. The van der Waals surface area contributed by atoms with Gasteiger partial charge in [0.1, 0.15) is 12.1 Å². The van der Waals surface area contributed by atoms with E-state index in [1.807, 2.05) is 0 Å². The average molecular weight is 300 g/mol. The van der Waals surface area contributed by atoms with Gasteiger partial charge in [-0.3, -0.25) is 9.59 Å². The van der Waals surface area contributed by atoms with Crippen molar-refractivity contribution < 1.29 is 29.4 Å². The molecule has 0 saturated carbocycles. The number of piperidine rings is 1. The number of likely N-dealkylation sites (tertiary alicyclic amines) is 1. The van der Waals surface area contributed by atoms with Crippen LogP contribution in [-0.2, 0) is 19.2 Å². The number of carbonyl (C=O) groups is 4. The van der Waals surface area contributed by atoms with E-state index < -0.39 is 41.8 Å². The molecular weight excluding hydrogens is 280 g/mol. The van der Waals surface area contributed by atoms with Crippen LogP contribution in [0.4, 0.5) is 0 Å². The van der Waals surface area contributed by atoms with Crippen LogP contribution in [0.1, 0.15) is 33.1 Å². The second-order valence-corrected chi connectivity index (χ2v) is 5.38. The molecule has 0 bridgehead atoms. The fraction of sp³-hybridized carbons (Fsp3) is 0.692. The smallest absolute Gasteiger partial charge is 0.326 e. The predicted octanol–water partition coefficient (Wildman–Crippen LogP) is -0.322. The molecule has 1 rings (SSSR count). The summed E-state index contributed by atoms with van der Waals surface area (Å²) in [4.78, 5) is 47.0. The second-order valence-electron chi connectivity index (χ2n) is 5.38. The van der Waals surface area contributed by atoms with Gasteiger partial charge in [-0.15, -0.1) is 0 Å². The molecule has 0 aromatic carbocycles. The maximum Gasteiger partial charge on any atom is 0.326 e. The number of hydrogen-bond donors (Lipinski definition) is 3. The molecule has 1 aliphatic rings. The third-order valence-corrected chi connectivity index (χ3v) is 3.46. The van der Waals surface area contributed by atoms with Crippen LogP contribution < -0.4 is 5.32 Å². The molecule has 0 aliphatic carbocycles. The molecule has 118 valence electrons. The van der Waals surface area contributed by atoms with Crippen molar-refractivity contribution in [2.75, 3.05) is 6.54 Å².